The molecule has 0 radical (unpaired) electrons. The number of hydrogen-bond donors (Lipinski definition) is 1. The molecular weight excluding hydrogens is 335 g/mol. The molecule has 0 aliphatic carbocycles. The Balaban J connectivity index is 2.38. The van der Waals surface area contributed by atoms with E-state index < -0.39 is 11.9 Å². The second kappa shape index (κ2) is 5.90. The first-order valence-electron chi connectivity index (χ1n) is 5.58. The Morgan fingerprint density at radius 1 is 1.21 bits per heavy atom. The van der Waals surface area contributed by atoms with E-state index in [1.165, 1.54) is 18.2 Å². The van der Waals surface area contributed by atoms with Crippen LogP contribution in [0.5, 0.6) is 11.5 Å². The molecule has 2 aromatic carbocycles. The van der Waals surface area contributed by atoms with E-state index in [2.05, 4.69) is 15.9 Å². The second-order valence-electron chi connectivity index (χ2n) is 4.03. The molecule has 0 saturated heterocycles. The number of aliphatic hydroxyl groups is 1. The second-order valence-corrected chi connectivity index (χ2v) is 5.36. The summed E-state index contributed by atoms with van der Waals surface area (Å²) >= 11 is 9.35. The molecule has 0 saturated carbocycles. The quantitative estimate of drug-likeness (QED) is 0.840. The first-order valence-corrected chi connectivity index (χ1v) is 6.75. The van der Waals surface area contributed by atoms with Crippen LogP contribution in [0.15, 0.2) is 40.9 Å². The average molecular weight is 346 g/mol. The molecule has 100 valence electrons. The van der Waals surface area contributed by atoms with Crippen molar-refractivity contribution < 1.29 is 14.2 Å². The summed E-state index contributed by atoms with van der Waals surface area (Å²) in [5, 5.41) is 10.1. The third kappa shape index (κ3) is 3.47. The van der Waals surface area contributed by atoms with Gasteiger partial charge in [-0.1, -0.05) is 27.5 Å². The van der Waals surface area contributed by atoms with Crippen molar-refractivity contribution >= 4 is 27.5 Å². The zero-order valence-corrected chi connectivity index (χ0v) is 12.4. The highest BCUT2D eigenvalue weighted by molar-refractivity contribution is 9.10. The van der Waals surface area contributed by atoms with Gasteiger partial charge >= 0.3 is 0 Å². The van der Waals surface area contributed by atoms with Gasteiger partial charge in [-0.3, -0.25) is 0 Å². The zero-order chi connectivity index (χ0) is 14.0. The lowest BCUT2D eigenvalue weighted by Crippen LogP contribution is -1.97. The van der Waals surface area contributed by atoms with E-state index in [0.29, 0.717) is 22.1 Å². The van der Waals surface area contributed by atoms with Gasteiger partial charge < -0.3 is 9.84 Å². The Kier molecular flexibility index (Phi) is 4.45. The van der Waals surface area contributed by atoms with Crippen molar-refractivity contribution in [2.45, 2.75) is 13.0 Å². The maximum Gasteiger partial charge on any atom is 0.146 e. The van der Waals surface area contributed by atoms with E-state index in [0.717, 1.165) is 4.47 Å². The molecule has 5 heteroatoms. The van der Waals surface area contributed by atoms with Crippen LogP contribution in [-0.4, -0.2) is 5.11 Å². The third-order valence-electron chi connectivity index (χ3n) is 2.54. The molecule has 0 fully saturated rings. The molecule has 1 N–H and O–H groups in total. The fraction of sp³-hybridized carbons (Fsp3) is 0.143. The summed E-state index contributed by atoms with van der Waals surface area (Å²) in [6.45, 7) is 1.55. The highest BCUT2D eigenvalue weighted by Crippen LogP contribution is 2.35. The van der Waals surface area contributed by atoms with Crippen LogP contribution in [0.1, 0.15) is 18.6 Å². The zero-order valence-electron chi connectivity index (χ0n) is 10.0. The first kappa shape index (κ1) is 14.3. The highest BCUT2D eigenvalue weighted by Gasteiger charge is 2.13. The van der Waals surface area contributed by atoms with Crippen molar-refractivity contribution in [2.24, 2.45) is 0 Å². The molecule has 0 spiro atoms. The lowest BCUT2D eigenvalue weighted by atomic mass is 10.1. The van der Waals surface area contributed by atoms with Crippen LogP contribution in [0.2, 0.25) is 5.02 Å². The topological polar surface area (TPSA) is 29.5 Å². The van der Waals surface area contributed by atoms with Gasteiger partial charge in [0.15, 0.2) is 0 Å². The Hall–Kier alpha value is -1.10. The van der Waals surface area contributed by atoms with Gasteiger partial charge in [0.1, 0.15) is 17.3 Å². The van der Waals surface area contributed by atoms with Crippen LogP contribution in [0, 0.1) is 5.82 Å². The largest absolute Gasteiger partial charge is 0.455 e. The summed E-state index contributed by atoms with van der Waals surface area (Å²) in [4.78, 5) is 0. The smallest absolute Gasteiger partial charge is 0.146 e. The van der Waals surface area contributed by atoms with Gasteiger partial charge in [0, 0.05) is 10.0 Å². The van der Waals surface area contributed by atoms with Crippen molar-refractivity contribution in [1.82, 2.24) is 0 Å². The molecule has 0 aliphatic heterocycles. The summed E-state index contributed by atoms with van der Waals surface area (Å²) in [6, 6.07) is 9.16. The minimum absolute atomic E-state index is 0.374. The maximum atomic E-state index is 13.2. The maximum absolute atomic E-state index is 13.2. The molecule has 0 aromatic heterocycles. The normalized spacial score (nSPS) is 12.3. The van der Waals surface area contributed by atoms with Crippen molar-refractivity contribution in [3.05, 3.63) is 57.3 Å². The van der Waals surface area contributed by atoms with Crippen LogP contribution in [0.25, 0.3) is 0 Å². The molecular formula is C14H11BrClFO2. The summed E-state index contributed by atoms with van der Waals surface area (Å²) < 4.78 is 19.6. The van der Waals surface area contributed by atoms with Crippen LogP contribution in [0.4, 0.5) is 4.39 Å². The average Bonchev–Trinajstić information content (AvgIpc) is 2.34. The number of ether oxygens (including phenoxy) is 1. The summed E-state index contributed by atoms with van der Waals surface area (Å²) in [7, 11) is 0. The van der Waals surface area contributed by atoms with Crippen molar-refractivity contribution in [2.75, 3.05) is 0 Å². The monoisotopic (exact) mass is 344 g/mol. The van der Waals surface area contributed by atoms with E-state index in [1.54, 1.807) is 25.1 Å². The molecule has 0 heterocycles. The van der Waals surface area contributed by atoms with E-state index >= 15 is 0 Å². The van der Waals surface area contributed by atoms with Crippen molar-refractivity contribution in [1.29, 1.82) is 0 Å². The van der Waals surface area contributed by atoms with E-state index in [4.69, 9.17) is 16.3 Å². The van der Waals surface area contributed by atoms with E-state index in [1.807, 2.05) is 0 Å². The van der Waals surface area contributed by atoms with Gasteiger partial charge in [-0.15, -0.1) is 0 Å². The van der Waals surface area contributed by atoms with E-state index in [9.17, 15) is 9.50 Å². The van der Waals surface area contributed by atoms with E-state index in [-0.39, 0.29) is 0 Å². The van der Waals surface area contributed by atoms with Crippen LogP contribution < -0.4 is 4.74 Å². The van der Waals surface area contributed by atoms with Crippen molar-refractivity contribution in [3.63, 3.8) is 0 Å². The molecule has 2 rings (SSSR count). The molecule has 0 aliphatic rings. The SMILES string of the molecule is CC(O)c1cc(F)ccc1Oc1ccc(Br)cc1Cl. The minimum atomic E-state index is -0.833. The number of rotatable bonds is 3. The fourth-order valence-corrected chi connectivity index (χ4v) is 2.33. The Bertz CT molecular complexity index is 602. The molecule has 2 nitrogen and oxygen atoms in total. The van der Waals surface area contributed by atoms with Crippen LogP contribution in [0.3, 0.4) is 0 Å². The Morgan fingerprint density at radius 2 is 1.89 bits per heavy atom. The third-order valence-corrected chi connectivity index (χ3v) is 3.32. The van der Waals surface area contributed by atoms with Crippen LogP contribution in [-0.2, 0) is 0 Å². The highest BCUT2D eigenvalue weighted by atomic mass is 79.9. The summed E-state index contributed by atoms with van der Waals surface area (Å²) in [5.41, 5.74) is 0.374. The number of hydrogen-bond acceptors (Lipinski definition) is 2. The lowest BCUT2D eigenvalue weighted by Gasteiger charge is -2.14. The first-order chi connectivity index (χ1) is 8.97. The lowest BCUT2D eigenvalue weighted by molar-refractivity contribution is 0.195. The minimum Gasteiger partial charge on any atom is -0.455 e. The standard InChI is InChI=1S/C14H11BrClFO2/c1-8(18)11-7-10(17)3-5-13(11)19-14-4-2-9(15)6-12(14)16/h2-8,18H,1H3. The number of benzene rings is 2. The molecule has 1 unspecified atom stereocenters. The van der Waals surface area contributed by atoms with Gasteiger partial charge in [0.25, 0.3) is 0 Å². The summed E-state index contributed by atoms with van der Waals surface area (Å²) in [6.07, 6.45) is -0.833. The molecule has 0 amide bonds. The number of aliphatic hydroxyl groups excluding tert-OH is 1. The molecule has 0 bridgehead atoms. The molecule has 19 heavy (non-hydrogen) atoms. The predicted octanol–water partition coefficient (Wildman–Crippen LogP) is 5.09. The van der Waals surface area contributed by atoms with Gasteiger partial charge in [-0.2, -0.15) is 0 Å². The number of halogens is 3. The predicted molar refractivity (Wildman–Crippen MR) is 76.3 cm³/mol. The van der Waals surface area contributed by atoms with Gasteiger partial charge in [-0.05, 0) is 43.3 Å². The molecule has 2 aromatic rings. The van der Waals surface area contributed by atoms with Crippen molar-refractivity contribution in [3.8, 4) is 11.5 Å². The van der Waals surface area contributed by atoms with Gasteiger partial charge in [0.05, 0.1) is 11.1 Å². The fourth-order valence-electron chi connectivity index (χ4n) is 1.62. The van der Waals surface area contributed by atoms with Gasteiger partial charge in [-0.25, -0.2) is 4.39 Å². The molecule has 1 atom stereocenters. The summed E-state index contributed by atoms with van der Waals surface area (Å²) in [5.74, 6) is 0.393. The Labute approximate surface area is 123 Å². The van der Waals surface area contributed by atoms with Crippen LogP contribution >= 0.6 is 27.5 Å². The Morgan fingerprint density at radius 3 is 2.53 bits per heavy atom. The van der Waals surface area contributed by atoms with Gasteiger partial charge in [0.2, 0.25) is 0 Å².